The third kappa shape index (κ3) is 6.26. The standard InChI is InChI=1S/C17H15N3O4.C8H8N2O4/c1-2-9-24-15-6-4-3-5-13(15)16-18-14-10-11(20(22)23)7-8-12(14)17(21)19-16;1-14-8(11)6-3-2-5(10(12)13)4-7(6)9/h3-8,10H,2,9H2,1H3,(H,18,19,21);2-4H,9H2,1H3. The molecule has 3 N–H and O–H groups in total. The van der Waals surface area contributed by atoms with Gasteiger partial charge in [-0.15, -0.1) is 0 Å². The fourth-order valence-corrected chi connectivity index (χ4v) is 3.33. The molecule has 0 amide bonds. The fourth-order valence-electron chi connectivity index (χ4n) is 3.33. The number of methoxy groups -OCH3 is 1. The monoisotopic (exact) mass is 521 g/mol. The zero-order valence-electron chi connectivity index (χ0n) is 20.4. The van der Waals surface area contributed by atoms with E-state index >= 15 is 0 Å². The molecule has 1 aromatic heterocycles. The number of anilines is 1. The summed E-state index contributed by atoms with van der Waals surface area (Å²) in [6.07, 6.45) is 0.849. The number of nitrogen functional groups attached to an aromatic ring is 1. The number of ether oxygens (including phenoxy) is 2. The normalized spacial score (nSPS) is 10.3. The number of rotatable bonds is 7. The zero-order valence-corrected chi connectivity index (χ0v) is 20.4. The van der Waals surface area contributed by atoms with Crippen molar-refractivity contribution in [2.45, 2.75) is 13.3 Å². The van der Waals surface area contributed by atoms with Crippen LogP contribution in [0.25, 0.3) is 22.3 Å². The number of carbonyl (C=O) groups excluding carboxylic acids is 1. The molecule has 38 heavy (non-hydrogen) atoms. The summed E-state index contributed by atoms with van der Waals surface area (Å²) >= 11 is 0. The Morgan fingerprint density at radius 2 is 1.68 bits per heavy atom. The molecule has 4 aromatic rings. The summed E-state index contributed by atoms with van der Waals surface area (Å²) in [5, 5.41) is 21.6. The summed E-state index contributed by atoms with van der Waals surface area (Å²) < 4.78 is 10.1. The number of esters is 1. The van der Waals surface area contributed by atoms with Gasteiger partial charge in [-0.1, -0.05) is 19.1 Å². The van der Waals surface area contributed by atoms with E-state index < -0.39 is 15.8 Å². The second kappa shape index (κ2) is 12.1. The highest BCUT2D eigenvalue weighted by Crippen LogP contribution is 2.28. The molecule has 0 fully saturated rings. The van der Waals surface area contributed by atoms with E-state index in [4.69, 9.17) is 10.5 Å². The first-order valence-electron chi connectivity index (χ1n) is 11.2. The number of hydrogen-bond donors (Lipinski definition) is 2. The van der Waals surface area contributed by atoms with E-state index in [2.05, 4.69) is 14.7 Å². The van der Waals surface area contributed by atoms with E-state index in [0.717, 1.165) is 12.5 Å². The summed E-state index contributed by atoms with van der Waals surface area (Å²) in [5.74, 6) is 0.310. The molecular formula is C25H23N5O8. The van der Waals surface area contributed by atoms with Crippen molar-refractivity contribution >= 4 is 33.9 Å². The van der Waals surface area contributed by atoms with Gasteiger partial charge >= 0.3 is 5.97 Å². The van der Waals surface area contributed by atoms with Crippen LogP contribution in [0.4, 0.5) is 17.1 Å². The minimum atomic E-state index is -0.614. The first-order chi connectivity index (χ1) is 18.2. The van der Waals surface area contributed by atoms with Crippen LogP contribution in [0.1, 0.15) is 23.7 Å². The first-order valence-corrected chi connectivity index (χ1v) is 11.2. The number of non-ortho nitro benzene ring substituents is 2. The number of aromatic nitrogens is 2. The van der Waals surface area contributed by atoms with Crippen LogP contribution >= 0.6 is 0 Å². The molecule has 0 atom stereocenters. The number of carbonyl (C=O) groups is 1. The Balaban J connectivity index is 0.000000244. The number of nitrogens with two attached hydrogens (primary N) is 1. The van der Waals surface area contributed by atoms with Crippen LogP contribution in [0.2, 0.25) is 0 Å². The second-order valence-corrected chi connectivity index (χ2v) is 7.74. The van der Waals surface area contributed by atoms with Crippen LogP contribution in [0, 0.1) is 20.2 Å². The third-order valence-corrected chi connectivity index (χ3v) is 5.16. The highest BCUT2D eigenvalue weighted by Gasteiger charge is 2.15. The zero-order chi connectivity index (χ0) is 27.8. The summed E-state index contributed by atoms with van der Waals surface area (Å²) in [5.41, 5.74) is 5.88. The molecule has 196 valence electrons. The SMILES string of the molecule is CCCOc1ccccc1-c1nc2cc([N+](=O)[O-])ccc2c(=O)[nH]1.COC(=O)c1ccc([N+](=O)[O-])cc1N. The highest BCUT2D eigenvalue weighted by molar-refractivity contribution is 5.95. The molecule has 0 radical (unpaired) electrons. The molecule has 0 aliphatic heterocycles. The van der Waals surface area contributed by atoms with Gasteiger partial charge in [-0.25, -0.2) is 9.78 Å². The van der Waals surface area contributed by atoms with Gasteiger partial charge in [0.2, 0.25) is 0 Å². The molecule has 4 rings (SSSR count). The number of fused-ring (bicyclic) bond motifs is 1. The van der Waals surface area contributed by atoms with Crippen molar-refractivity contribution in [3.8, 4) is 17.1 Å². The summed E-state index contributed by atoms with van der Waals surface area (Å²) in [4.78, 5) is 50.6. The maximum Gasteiger partial charge on any atom is 0.339 e. The van der Waals surface area contributed by atoms with E-state index in [9.17, 15) is 29.8 Å². The van der Waals surface area contributed by atoms with Crippen molar-refractivity contribution in [1.82, 2.24) is 9.97 Å². The van der Waals surface area contributed by atoms with Crippen LogP contribution in [0.3, 0.4) is 0 Å². The molecule has 0 saturated heterocycles. The number of nitrogens with zero attached hydrogens (tertiary/aromatic N) is 3. The number of nitro groups is 2. The number of benzene rings is 3. The Morgan fingerprint density at radius 1 is 1.03 bits per heavy atom. The van der Waals surface area contributed by atoms with Gasteiger partial charge in [0.25, 0.3) is 16.9 Å². The van der Waals surface area contributed by atoms with Gasteiger partial charge in [-0.2, -0.15) is 0 Å². The fraction of sp³-hybridized carbons (Fsp3) is 0.160. The molecule has 13 heteroatoms. The molecule has 0 spiro atoms. The minimum Gasteiger partial charge on any atom is -0.493 e. The van der Waals surface area contributed by atoms with Gasteiger partial charge in [-0.3, -0.25) is 25.0 Å². The molecule has 0 unspecified atom stereocenters. The molecule has 3 aromatic carbocycles. The Hall–Kier alpha value is -5.33. The van der Waals surface area contributed by atoms with Gasteiger partial charge in [0.1, 0.15) is 11.6 Å². The molecular weight excluding hydrogens is 498 g/mol. The maximum absolute atomic E-state index is 12.3. The highest BCUT2D eigenvalue weighted by atomic mass is 16.6. The van der Waals surface area contributed by atoms with Gasteiger partial charge in [0.05, 0.1) is 51.3 Å². The van der Waals surface area contributed by atoms with Gasteiger partial charge in [0.15, 0.2) is 0 Å². The van der Waals surface area contributed by atoms with Gasteiger partial charge in [0, 0.05) is 24.3 Å². The van der Waals surface area contributed by atoms with Gasteiger partial charge in [-0.05, 0) is 30.7 Å². The topological polar surface area (TPSA) is 194 Å². The van der Waals surface area contributed by atoms with Crippen LogP contribution in [-0.4, -0.2) is 39.5 Å². The Kier molecular flexibility index (Phi) is 8.66. The van der Waals surface area contributed by atoms with Crippen LogP contribution in [0.15, 0.2) is 65.5 Å². The lowest BCUT2D eigenvalue weighted by Crippen LogP contribution is -2.10. The number of nitro benzene ring substituents is 2. The summed E-state index contributed by atoms with van der Waals surface area (Å²) in [6.45, 7) is 2.54. The lowest BCUT2D eigenvalue weighted by atomic mass is 10.1. The Morgan fingerprint density at radius 3 is 2.32 bits per heavy atom. The smallest absolute Gasteiger partial charge is 0.339 e. The predicted octanol–water partition coefficient (Wildman–Crippen LogP) is 4.25. The van der Waals surface area contributed by atoms with E-state index in [0.29, 0.717) is 29.1 Å². The van der Waals surface area contributed by atoms with Crippen LogP contribution in [0.5, 0.6) is 5.75 Å². The minimum absolute atomic E-state index is 0.0334. The molecule has 0 saturated carbocycles. The molecule has 0 aliphatic carbocycles. The molecule has 1 heterocycles. The average molecular weight is 521 g/mol. The molecule has 13 nitrogen and oxygen atoms in total. The third-order valence-electron chi connectivity index (χ3n) is 5.16. The largest absolute Gasteiger partial charge is 0.493 e. The van der Waals surface area contributed by atoms with E-state index in [1.165, 1.54) is 37.4 Å². The van der Waals surface area contributed by atoms with Crippen molar-refractivity contribution < 1.29 is 24.1 Å². The van der Waals surface area contributed by atoms with Crippen molar-refractivity contribution in [3.63, 3.8) is 0 Å². The van der Waals surface area contributed by atoms with Crippen molar-refractivity contribution in [1.29, 1.82) is 0 Å². The second-order valence-electron chi connectivity index (χ2n) is 7.74. The average Bonchev–Trinajstić information content (AvgIpc) is 2.91. The van der Waals surface area contributed by atoms with E-state index in [1.54, 1.807) is 12.1 Å². The van der Waals surface area contributed by atoms with E-state index in [-0.39, 0.29) is 33.7 Å². The Bertz CT molecular complexity index is 1570. The van der Waals surface area contributed by atoms with Crippen molar-refractivity contribution in [2.24, 2.45) is 0 Å². The summed E-state index contributed by atoms with van der Waals surface area (Å²) in [7, 11) is 1.21. The van der Waals surface area contributed by atoms with Crippen LogP contribution < -0.4 is 16.0 Å². The summed E-state index contributed by atoms with van der Waals surface area (Å²) in [6, 6.07) is 14.8. The lowest BCUT2D eigenvalue weighted by Gasteiger charge is -2.10. The number of aromatic amines is 1. The number of hydrogen-bond acceptors (Lipinski definition) is 10. The maximum atomic E-state index is 12.3. The first kappa shape index (κ1) is 27.3. The molecule has 0 bridgehead atoms. The van der Waals surface area contributed by atoms with Gasteiger partial charge < -0.3 is 20.2 Å². The lowest BCUT2D eigenvalue weighted by molar-refractivity contribution is -0.384. The predicted molar refractivity (Wildman–Crippen MR) is 139 cm³/mol. The number of para-hydroxylation sites is 1. The van der Waals surface area contributed by atoms with Crippen LogP contribution in [-0.2, 0) is 4.74 Å². The van der Waals surface area contributed by atoms with Crippen molar-refractivity contribution in [2.75, 3.05) is 19.5 Å². The number of H-pyrrole nitrogens is 1. The number of nitrogens with one attached hydrogen (secondary N) is 1. The van der Waals surface area contributed by atoms with E-state index in [1.807, 2.05) is 19.1 Å². The molecule has 0 aliphatic rings. The van der Waals surface area contributed by atoms with Crippen molar-refractivity contribution in [3.05, 3.63) is 96.8 Å². The Labute approximate surface area is 215 Å². The quantitative estimate of drug-likeness (QED) is 0.154.